The van der Waals surface area contributed by atoms with Gasteiger partial charge in [0.2, 0.25) is 0 Å². The molecule has 0 radical (unpaired) electrons. The summed E-state index contributed by atoms with van der Waals surface area (Å²) in [5, 5.41) is 4.16. The van der Waals surface area contributed by atoms with Gasteiger partial charge in [0.15, 0.2) is 0 Å². The first kappa shape index (κ1) is 14.4. The summed E-state index contributed by atoms with van der Waals surface area (Å²) in [4.78, 5) is 0. The summed E-state index contributed by atoms with van der Waals surface area (Å²) in [6, 6.07) is 6.74. The number of nitrogen functional groups attached to an aromatic ring is 1. The molecule has 0 saturated carbocycles. The smallest absolute Gasteiger partial charge is 0.382 e. The zero-order valence-electron chi connectivity index (χ0n) is 11.5. The van der Waals surface area contributed by atoms with Crippen molar-refractivity contribution in [3.63, 3.8) is 0 Å². The molecule has 2 rings (SSSR count). The van der Waals surface area contributed by atoms with Gasteiger partial charge in [-0.3, -0.25) is 4.68 Å². The molecule has 3 nitrogen and oxygen atoms in total. The number of anilines is 1. The van der Waals surface area contributed by atoms with E-state index in [0.717, 1.165) is 12.1 Å². The standard InChI is InChI=1S/C14H16F3N3/c1-13(2,3)20-11(8-12(18)19-20)9-5-4-6-10(7-9)14(15,16)17/h4-8H,1-3H3,(H2,18,19). The highest BCUT2D eigenvalue weighted by atomic mass is 19.4. The van der Waals surface area contributed by atoms with Crippen LogP contribution in [-0.4, -0.2) is 9.78 Å². The number of hydrogen-bond donors (Lipinski definition) is 1. The molecular weight excluding hydrogens is 267 g/mol. The first-order valence-electron chi connectivity index (χ1n) is 6.13. The van der Waals surface area contributed by atoms with E-state index in [2.05, 4.69) is 5.10 Å². The molecule has 0 saturated heterocycles. The van der Waals surface area contributed by atoms with Gasteiger partial charge in [0, 0.05) is 11.6 Å². The molecule has 108 valence electrons. The van der Waals surface area contributed by atoms with Gasteiger partial charge in [-0.25, -0.2) is 0 Å². The number of aromatic nitrogens is 2. The van der Waals surface area contributed by atoms with E-state index in [1.54, 1.807) is 16.8 Å². The maximum Gasteiger partial charge on any atom is 0.416 e. The van der Waals surface area contributed by atoms with Crippen LogP contribution >= 0.6 is 0 Å². The lowest BCUT2D eigenvalue weighted by molar-refractivity contribution is -0.137. The van der Waals surface area contributed by atoms with Gasteiger partial charge in [-0.1, -0.05) is 12.1 Å². The van der Waals surface area contributed by atoms with Crippen LogP contribution in [0.15, 0.2) is 30.3 Å². The van der Waals surface area contributed by atoms with Gasteiger partial charge in [0.25, 0.3) is 0 Å². The molecule has 1 aromatic heterocycles. The van der Waals surface area contributed by atoms with Crippen LogP contribution in [0.25, 0.3) is 11.3 Å². The Morgan fingerprint density at radius 2 is 1.75 bits per heavy atom. The van der Waals surface area contributed by atoms with Crippen molar-refractivity contribution >= 4 is 5.82 Å². The predicted molar refractivity (Wildman–Crippen MR) is 72.1 cm³/mol. The molecule has 0 aliphatic rings. The Bertz CT molecular complexity index is 621. The van der Waals surface area contributed by atoms with Crippen LogP contribution in [0, 0.1) is 0 Å². The molecule has 0 atom stereocenters. The first-order chi connectivity index (χ1) is 9.09. The van der Waals surface area contributed by atoms with Crippen LogP contribution in [-0.2, 0) is 11.7 Å². The Morgan fingerprint density at radius 3 is 2.30 bits per heavy atom. The van der Waals surface area contributed by atoms with Crippen LogP contribution in [0.4, 0.5) is 19.0 Å². The lowest BCUT2D eigenvalue weighted by Gasteiger charge is -2.22. The summed E-state index contributed by atoms with van der Waals surface area (Å²) in [5.74, 6) is 0.285. The Hall–Kier alpha value is -1.98. The minimum atomic E-state index is -4.37. The van der Waals surface area contributed by atoms with Crippen molar-refractivity contribution in [1.29, 1.82) is 0 Å². The zero-order valence-corrected chi connectivity index (χ0v) is 11.5. The molecular formula is C14H16F3N3. The van der Waals surface area contributed by atoms with Crippen molar-refractivity contribution in [2.45, 2.75) is 32.5 Å². The quantitative estimate of drug-likeness (QED) is 0.862. The van der Waals surface area contributed by atoms with E-state index in [9.17, 15) is 13.2 Å². The SMILES string of the molecule is CC(C)(C)n1nc(N)cc1-c1cccc(C(F)(F)F)c1. The van der Waals surface area contributed by atoms with Crippen molar-refractivity contribution in [2.24, 2.45) is 0 Å². The second-order valence-corrected chi connectivity index (χ2v) is 5.62. The lowest BCUT2D eigenvalue weighted by Crippen LogP contribution is -2.24. The van der Waals surface area contributed by atoms with E-state index >= 15 is 0 Å². The highest BCUT2D eigenvalue weighted by Gasteiger charge is 2.31. The van der Waals surface area contributed by atoms with Crippen molar-refractivity contribution in [1.82, 2.24) is 9.78 Å². The topological polar surface area (TPSA) is 43.8 Å². The van der Waals surface area contributed by atoms with E-state index in [1.807, 2.05) is 20.8 Å². The van der Waals surface area contributed by atoms with E-state index < -0.39 is 11.7 Å². The monoisotopic (exact) mass is 283 g/mol. The number of alkyl halides is 3. The number of nitrogens with two attached hydrogens (primary N) is 1. The third kappa shape index (κ3) is 2.79. The second kappa shape index (κ2) is 4.54. The molecule has 0 spiro atoms. The van der Waals surface area contributed by atoms with Crippen LogP contribution in [0.3, 0.4) is 0 Å². The zero-order chi connectivity index (χ0) is 15.1. The molecule has 0 unspecified atom stereocenters. The fourth-order valence-electron chi connectivity index (χ4n) is 1.97. The average Bonchev–Trinajstić information content (AvgIpc) is 2.70. The predicted octanol–water partition coefficient (Wildman–Crippen LogP) is 3.91. The maximum absolute atomic E-state index is 12.8. The van der Waals surface area contributed by atoms with Crippen molar-refractivity contribution in [3.05, 3.63) is 35.9 Å². The second-order valence-electron chi connectivity index (χ2n) is 5.62. The van der Waals surface area contributed by atoms with Crippen molar-refractivity contribution in [3.8, 4) is 11.3 Å². The third-order valence-electron chi connectivity index (χ3n) is 2.85. The molecule has 0 fully saturated rings. The minimum Gasteiger partial charge on any atom is -0.382 e. The fourth-order valence-corrected chi connectivity index (χ4v) is 1.97. The molecule has 0 aliphatic carbocycles. The Balaban J connectivity index is 2.58. The largest absolute Gasteiger partial charge is 0.416 e. The molecule has 20 heavy (non-hydrogen) atoms. The summed E-state index contributed by atoms with van der Waals surface area (Å²) >= 11 is 0. The first-order valence-corrected chi connectivity index (χ1v) is 6.13. The number of nitrogens with zero attached hydrogens (tertiary/aromatic N) is 2. The Kier molecular flexibility index (Phi) is 3.28. The molecule has 0 aliphatic heterocycles. The van der Waals surface area contributed by atoms with Gasteiger partial charge >= 0.3 is 6.18 Å². The molecule has 0 amide bonds. The molecule has 2 aromatic rings. The van der Waals surface area contributed by atoms with E-state index in [1.165, 1.54) is 6.07 Å². The molecule has 2 N–H and O–H groups in total. The summed E-state index contributed by atoms with van der Waals surface area (Å²) in [6.07, 6.45) is -4.37. The number of rotatable bonds is 1. The van der Waals surface area contributed by atoms with Crippen LogP contribution in [0.2, 0.25) is 0 Å². The highest BCUT2D eigenvalue weighted by Crippen LogP contribution is 2.33. The van der Waals surface area contributed by atoms with E-state index in [4.69, 9.17) is 5.73 Å². The number of hydrogen-bond acceptors (Lipinski definition) is 2. The minimum absolute atomic E-state index is 0.285. The number of benzene rings is 1. The van der Waals surface area contributed by atoms with E-state index in [0.29, 0.717) is 11.3 Å². The normalized spacial score (nSPS) is 12.7. The number of halogens is 3. The lowest BCUT2D eigenvalue weighted by atomic mass is 10.0. The molecule has 0 bridgehead atoms. The van der Waals surface area contributed by atoms with Gasteiger partial charge in [-0.05, 0) is 32.9 Å². The van der Waals surface area contributed by atoms with Crippen molar-refractivity contribution in [2.75, 3.05) is 5.73 Å². The highest BCUT2D eigenvalue weighted by molar-refractivity contribution is 5.64. The van der Waals surface area contributed by atoms with Crippen LogP contribution < -0.4 is 5.73 Å². The Morgan fingerprint density at radius 1 is 1.10 bits per heavy atom. The molecule has 6 heteroatoms. The van der Waals surface area contributed by atoms with Gasteiger partial charge in [-0.15, -0.1) is 0 Å². The fraction of sp³-hybridized carbons (Fsp3) is 0.357. The van der Waals surface area contributed by atoms with Gasteiger partial charge in [0.1, 0.15) is 5.82 Å². The summed E-state index contributed by atoms with van der Waals surface area (Å²) in [7, 11) is 0. The molecule has 1 heterocycles. The summed E-state index contributed by atoms with van der Waals surface area (Å²) in [5.41, 5.74) is 5.64. The van der Waals surface area contributed by atoms with Gasteiger partial charge in [-0.2, -0.15) is 18.3 Å². The van der Waals surface area contributed by atoms with Crippen LogP contribution in [0.5, 0.6) is 0 Å². The average molecular weight is 283 g/mol. The van der Waals surface area contributed by atoms with Crippen molar-refractivity contribution < 1.29 is 13.2 Å². The van der Waals surface area contributed by atoms with Gasteiger partial charge in [0.05, 0.1) is 16.8 Å². The summed E-state index contributed by atoms with van der Waals surface area (Å²) in [6.45, 7) is 5.74. The molecule has 1 aromatic carbocycles. The third-order valence-corrected chi connectivity index (χ3v) is 2.85. The van der Waals surface area contributed by atoms with Gasteiger partial charge < -0.3 is 5.73 Å². The Labute approximate surface area is 115 Å². The maximum atomic E-state index is 12.8. The van der Waals surface area contributed by atoms with Crippen LogP contribution in [0.1, 0.15) is 26.3 Å². The van der Waals surface area contributed by atoms with E-state index in [-0.39, 0.29) is 11.4 Å². The summed E-state index contributed by atoms with van der Waals surface area (Å²) < 4.78 is 40.0.